The number of aromatic nitrogens is 2. The summed E-state index contributed by atoms with van der Waals surface area (Å²) in [5, 5.41) is 0. The molecule has 1 aromatic carbocycles. The monoisotopic (exact) mass is 439 g/mol. The van der Waals surface area contributed by atoms with Crippen molar-refractivity contribution in [2.45, 2.75) is 50.0 Å². The lowest BCUT2D eigenvalue weighted by Gasteiger charge is -2.43. The zero-order valence-electron chi connectivity index (χ0n) is 18.5. The normalized spacial score (nSPS) is 23.4. The van der Waals surface area contributed by atoms with Gasteiger partial charge in [0.05, 0.1) is 22.9 Å². The van der Waals surface area contributed by atoms with Crippen LogP contribution in [0.2, 0.25) is 0 Å². The molecule has 2 fully saturated rings. The van der Waals surface area contributed by atoms with Crippen LogP contribution in [0.5, 0.6) is 0 Å². The van der Waals surface area contributed by atoms with Gasteiger partial charge in [-0.3, -0.25) is 9.59 Å². The van der Waals surface area contributed by atoms with Gasteiger partial charge in [0.1, 0.15) is 5.83 Å². The van der Waals surface area contributed by atoms with Gasteiger partial charge in [-0.25, -0.2) is 9.37 Å². The van der Waals surface area contributed by atoms with Crippen molar-refractivity contribution in [2.75, 3.05) is 26.2 Å². The molecule has 8 heteroatoms. The van der Waals surface area contributed by atoms with Crippen LogP contribution in [0, 0.1) is 0 Å². The average Bonchev–Trinajstić information content (AvgIpc) is 3.16. The van der Waals surface area contributed by atoms with Crippen LogP contribution in [0.25, 0.3) is 11.0 Å². The number of allylic oxidation sites excluding steroid dienone is 1. The Morgan fingerprint density at radius 3 is 2.53 bits per heavy atom. The number of rotatable bonds is 3. The maximum atomic E-state index is 15.1. The Hall–Kier alpha value is -2.74. The maximum Gasteiger partial charge on any atom is 0.252 e. The molecule has 3 aliphatic rings. The SMILES string of the molecule is Cn1cnc2cc(C3CCC(C(=O)N4CCN(C(=O)C5(N)CCC5)CC4)=C(F)C3)ccc21. The Bertz CT molecular complexity index is 1090. The topological polar surface area (TPSA) is 84.5 Å². The van der Waals surface area contributed by atoms with Crippen LogP contribution in [-0.2, 0) is 16.6 Å². The van der Waals surface area contributed by atoms with E-state index in [0.717, 1.165) is 42.3 Å². The van der Waals surface area contributed by atoms with Gasteiger partial charge in [0.2, 0.25) is 5.91 Å². The molecule has 1 aliphatic heterocycles. The first-order valence-corrected chi connectivity index (χ1v) is 11.5. The average molecular weight is 440 g/mol. The number of benzene rings is 1. The Morgan fingerprint density at radius 2 is 1.88 bits per heavy atom. The van der Waals surface area contributed by atoms with Crippen molar-refractivity contribution in [2.24, 2.45) is 12.8 Å². The largest absolute Gasteiger partial charge is 0.338 e. The number of amides is 2. The molecule has 170 valence electrons. The first-order valence-electron chi connectivity index (χ1n) is 11.5. The molecule has 1 saturated carbocycles. The van der Waals surface area contributed by atoms with Crippen molar-refractivity contribution < 1.29 is 14.0 Å². The second-order valence-electron chi connectivity index (χ2n) is 9.52. The third-order valence-electron chi connectivity index (χ3n) is 7.50. The smallest absolute Gasteiger partial charge is 0.252 e. The zero-order valence-corrected chi connectivity index (χ0v) is 18.5. The molecule has 32 heavy (non-hydrogen) atoms. The maximum absolute atomic E-state index is 15.1. The van der Waals surface area contributed by atoms with Crippen LogP contribution in [0.1, 0.15) is 50.0 Å². The Morgan fingerprint density at radius 1 is 1.16 bits per heavy atom. The fourth-order valence-corrected chi connectivity index (χ4v) is 5.20. The quantitative estimate of drug-likeness (QED) is 0.797. The van der Waals surface area contributed by atoms with Gasteiger partial charge in [-0.1, -0.05) is 6.07 Å². The van der Waals surface area contributed by atoms with E-state index in [1.165, 1.54) is 0 Å². The first kappa shape index (κ1) is 21.1. The minimum atomic E-state index is -0.711. The van der Waals surface area contributed by atoms with Crippen LogP contribution in [0.15, 0.2) is 35.9 Å². The second kappa shape index (κ2) is 7.99. The number of hydrogen-bond donors (Lipinski definition) is 1. The molecule has 2 heterocycles. The van der Waals surface area contributed by atoms with Gasteiger partial charge in [-0.2, -0.15) is 0 Å². The van der Waals surface area contributed by atoms with Crippen molar-refractivity contribution in [1.82, 2.24) is 19.4 Å². The fraction of sp³-hybridized carbons (Fsp3) is 0.542. The van der Waals surface area contributed by atoms with Gasteiger partial charge in [-0.05, 0) is 55.7 Å². The number of carbonyl (C=O) groups excluding carboxylic acids is 2. The van der Waals surface area contributed by atoms with Crippen molar-refractivity contribution in [1.29, 1.82) is 0 Å². The van der Waals surface area contributed by atoms with Crippen molar-refractivity contribution >= 4 is 22.8 Å². The summed E-state index contributed by atoms with van der Waals surface area (Å²) in [5.41, 5.74) is 8.78. The van der Waals surface area contributed by atoms with Crippen molar-refractivity contribution in [3.8, 4) is 0 Å². The lowest BCUT2D eigenvalue weighted by atomic mass is 9.76. The number of nitrogens with two attached hydrogens (primary N) is 1. The van der Waals surface area contributed by atoms with Gasteiger partial charge in [-0.15, -0.1) is 0 Å². The third-order valence-corrected chi connectivity index (χ3v) is 7.50. The minimum Gasteiger partial charge on any atom is -0.338 e. The van der Waals surface area contributed by atoms with E-state index in [4.69, 9.17) is 5.73 Å². The van der Waals surface area contributed by atoms with Crippen LogP contribution in [-0.4, -0.2) is 62.9 Å². The van der Waals surface area contributed by atoms with Crippen molar-refractivity contribution in [3.05, 3.63) is 41.5 Å². The highest BCUT2D eigenvalue weighted by atomic mass is 19.1. The molecular weight excluding hydrogens is 409 g/mol. The zero-order chi connectivity index (χ0) is 22.5. The van der Waals surface area contributed by atoms with Crippen LogP contribution < -0.4 is 5.73 Å². The van der Waals surface area contributed by atoms with E-state index in [1.54, 1.807) is 16.1 Å². The minimum absolute atomic E-state index is 0.00775. The summed E-state index contributed by atoms with van der Waals surface area (Å²) >= 11 is 0. The predicted molar refractivity (Wildman–Crippen MR) is 119 cm³/mol. The molecule has 2 amide bonds. The van der Waals surface area contributed by atoms with Crippen LogP contribution >= 0.6 is 0 Å². The van der Waals surface area contributed by atoms with E-state index in [2.05, 4.69) is 4.98 Å². The number of carbonyl (C=O) groups is 2. The summed E-state index contributed by atoms with van der Waals surface area (Å²) in [6, 6.07) is 6.09. The Kier molecular flexibility index (Phi) is 5.28. The standard InChI is InChI=1S/C24H30FN5O2/c1-28-15-27-20-14-17(4-6-21(20)28)16-3-5-18(19(25)13-16)22(31)29-9-11-30(12-10-29)23(32)24(26)7-2-8-24/h4,6,14-16H,2-3,5,7-13,26H2,1H3. The molecule has 0 bridgehead atoms. The molecule has 1 unspecified atom stereocenters. The lowest BCUT2D eigenvalue weighted by Crippen LogP contribution is -2.62. The summed E-state index contributed by atoms with van der Waals surface area (Å²) < 4.78 is 17.0. The highest BCUT2D eigenvalue weighted by molar-refractivity contribution is 5.94. The predicted octanol–water partition coefficient (Wildman–Crippen LogP) is 2.62. The van der Waals surface area contributed by atoms with Gasteiger partial charge < -0.3 is 20.1 Å². The highest BCUT2D eigenvalue weighted by Gasteiger charge is 2.43. The van der Waals surface area contributed by atoms with Crippen LogP contribution in [0.4, 0.5) is 4.39 Å². The van der Waals surface area contributed by atoms with E-state index in [0.29, 0.717) is 38.2 Å². The van der Waals surface area contributed by atoms with E-state index in [9.17, 15) is 9.59 Å². The summed E-state index contributed by atoms with van der Waals surface area (Å²) in [6.45, 7) is 1.78. The first-order chi connectivity index (χ1) is 15.4. The summed E-state index contributed by atoms with van der Waals surface area (Å²) in [5.74, 6) is -0.483. The number of aryl methyl sites for hydroxylation is 1. The summed E-state index contributed by atoms with van der Waals surface area (Å²) in [4.78, 5) is 33.5. The number of piperazine rings is 1. The van der Waals surface area contributed by atoms with E-state index < -0.39 is 5.54 Å². The fourth-order valence-electron chi connectivity index (χ4n) is 5.20. The molecule has 1 atom stereocenters. The van der Waals surface area contributed by atoms with Crippen LogP contribution in [0.3, 0.4) is 0 Å². The second-order valence-corrected chi connectivity index (χ2v) is 9.52. The van der Waals surface area contributed by atoms with Gasteiger partial charge >= 0.3 is 0 Å². The third kappa shape index (κ3) is 3.60. The molecule has 1 saturated heterocycles. The number of halogens is 1. The van der Waals surface area contributed by atoms with E-state index in [1.807, 2.05) is 29.8 Å². The molecule has 0 spiro atoms. The van der Waals surface area contributed by atoms with Crippen molar-refractivity contribution in [3.63, 3.8) is 0 Å². The molecule has 5 rings (SSSR count). The van der Waals surface area contributed by atoms with E-state index >= 15 is 4.39 Å². The van der Waals surface area contributed by atoms with Gasteiger partial charge in [0.15, 0.2) is 0 Å². The number of imidazole rings is 1. The molecule has 7 nitrogen and oxygen atoms in total. The van der Waals surface area contributed by atoms with Gasteiger partial charge in [0.25, 0.3) is 5.91 Å². The molecule has 0 radical (unpaired) electrons. The molecule has 2 N–H and O–H groups in total. The molecule has 1 aromatic heterocycles. The summed E-state index contributed by atoms with van der Waals surface area (Å²) in [7, 11) is 1.95. The molecular formula is C24H30FN5O2. The van der Waals surface area contributed by atoms with E-state index in [-0.39, 0.29) is 30.0 Å². The number of fused-ring (bicyclic) bond motifs is 1. The number of nitrogens with zero attached hydrogens (tertiary/aromatic N) is 4. The highest BCUT2D eigenvalue weighted by Crippen LogP contribution is 2.38. The lowest BCUT2D eigenvalue weighted by molar-refractivity contribution is -0.144. The molecule has 2 aliphatic carbocycles. The summed E-state index contributed by atoms with van der Waals surface area (Å²) in [6.07, 6.45) is 5.65. The Labute approximate surface area is 187 Å². The Balaban J connectivity index is 1.22. The van der Waals surface area contributed by atoms with Gasteiger partial charge in [0, 0.05) is 45.2 Å². The number of hydrogen-bond acceptors (Lipinski definition) is 4. The molecule has 2 aromatic rings.